The Hall–Kier alpha value is -4.07. The molecule has 0 atom stereocenters. The van der Waals surface area contributed by atoms with Crippen LogP contribution >= 0.6 is 0 Å². The number of benzene rings is 2. The zero-order valence-electron chi connectivity index (χ0n) is 16.1. The zero-order valence-corrected chi connectivity index (χ0v) is 16.1. The number of hydrogen-bond donors (Lipinski definition) is 2. The van der Waals surface area contributed by atoms with Crippen molar-refractivity contribution in [3.8, 4) is 5.75 Å². The number of hydrogen-bond acceptors (Lipinski definition) is 7. The van der Waals surface area contributed by atoms with Crippen molar-refractivity contribution in [3.63, 3.8) is 0 Å². The molecule has 2 N–H and O–H groups in total. The minimum Gasteiger partial charge on any atom is -0.482 e. The van der Waals surface area contributed by atoms with Gasteiger partial charge in [0.15, 0.2) is 17.9 Å². The Morgan fingerprint density at radius 3 is 2.43 bits per heavy atom. The third-order valence-electron chi connectivity index (χ3n) is 3.94. The summed E-state index contributed by atoms with van der Waals surface area (Å²) < 4.78 is 15.7. The highest BCUT2D eigenvalue weighted by Crippen LogP contribution is 2.29. The van der Waals surface area contributed by atoms with Crippen LogP contribution in [-0.4, -0.2) is 36.0 Å². The van der Waals surface area contributed by atoms with Crippen molar-refractivity contribution >= 4 is 29.5 Å². The van der Waals surface area contributed by atoms with E-state index in [0.717, 1.165) is 0 Å². The van der Waals surface area contributed by atoms with Crippen LogP contribution in [0.15, 0.2) is 71.8 Å². The van der Waals surface area contributed by atoms with E-state index >= 15 is 0 Å². The minimum atomic E-state index is -1.08. The average molecular weight is 409 g/mol. The monoisotopic (exact) mass is 409 g/mol. The Balaban J connectivity index is 1.82. The molecular weight excluding hydrogens is 390 g/mol. The molecule has 3 rings (SSSR count). The van der Waals surface area contributed by atoms with Crippen LogP contribution in [0.2, 0.25) is 0 Å². The fourth-order valence-electron chi connectivity index (χ4n) is 2.61. The lowest BCUT2D eigenvalue weighted by atomic mass is 10.1. The Kier molecular flexibility index (Phi) is 6.49. The van der Waals surface area contributed by atoms with Crippen molar-refractivity contribution in [3.05, 3.63) is 77.4 Å². The molecule has 0 saturated carbocycles. The number of para-hydroxylation sites is 1. The fraction of sp³-hybridized carbons (Fsp3) is 0.136. The SMILES string of the molecule is CCOC(=O)C1=C(Nc2ccccc2)O/C(=C\c2ccc(OCC(=O)O)cc2)C1=O. The Labute approximate surface area is 172 Å². The molecule has 0 amide bonds. The van der Waals surface area contributed by atoms with Crippen molar-refractivity contribution in [2.45, 2.75) is 6.92 Å². The van der Waals surface area contributed by atoms with Gasteiger partial charge in [-0.05, 0) is 42.8 Å². The van der Waals surface area contributed by atoms with Crippen LogP contribution in [0.1, 0.15) is 12.5 Å². The molecule has 2 aromatic carbocycles. The van der Waals surface area contributed by atoms with Crippen LogP contribution in [0, 0.1) is 0 Å². The van der Waals surface area contributed by atoms with Crippen LogP contribution in [0.25, 0.3) is 6.08 Å². The van der Waals surface area contributed by atoms with Gasteiger partial charge in [0.05, 0.1) is 6.61 Å². The predicted octanol–water partition coefficient (Wildman–Crippen LogP) is 2.98. The molecule has 0 aliphatic carbocycles. The fourth-order valence-corrected chi connectivity index (χ4v) is 2.61. The summed E-state index contributed by atoms with van der Waals surface area (Å²) in [5, 5.41) is 11.6. The van der Waals surface area contributed by atoms with Crippen molar-refractivity contribution in [2.24, 2.45) is 0 Å². The lowest BCUT2D eigenvalue weighted by molar-refractivity contribution is -0.140. The highest BCUT2D eigenvalue weighted by molar-refractivity contribution is 6.26. The molecule has 0 unspecified atom stereocenters. The second-order valence-electron chi connectivity index (χ2n) is 6.11. The Morgan fingerprint density at radius 1 is 1.10 bits per heavy atom. The third-order valence-corrected chi connectivity index (χ3v) is 3.94. The average Bonchev–Trinajstić information content (AvgIpc) is 3.03. The first-order valence-electron chi connectivity index (χ1n) is 9.10. The number of ether oxygens (including phenoxy) is 3. The van der Waals surface area contributed by atoms with E-state index < -0.39 is 24.3 Å². The van der Waals surface area contributed by atoms with E-state index in [-0.39, 0.29) is 23.8 Å². The number of carboxylic acid groups (broad SMARTS) is 1. The van der Waals surface area contributed by atoms with Gasteiger partial charge in [-0.15, -0.1) is 0 Å². The van der Waals surface area contributed by atoms with Gasteiger partial charge in [-0.2, -0.15) is 0 Å². The number of ketones is 1. The van der Waals surface area contributed by atoms with Crippen LogP contribution in [-0.2, 0) is 23.9 Å². The number of carbonyl (C=O) groups is 3. The summed E-state index contributed by atoms with van der Waals surface area (Å²) in [4.78, 5) is 35.7. The number of esters is 1. The van der Waals surface area contributed by atoms with E-state index in [1.54, 1.807) is 55.5 Å². The molecule has 2 aromatic rings. The quantitative estimate of drug-likeness (QED) is 0.389. The van der Waals surface area contributed by atoms with E-state index in [1.807, 2.05) is 6.07 Å². The summed E-state index contributed by atoms with van der Waals surface area (Å²) in [5.41, 5.74) is 1.03. The molecule has 1 aliphatic rings. The standard InChI is InChI=1S/C22H19NO7/c1-2-28-22(27)19-20(26)17(30-21(19)23-15-6-4-3-5-7-15)12-14-8-10-16(11-9-14)29-13-18(24)25/h3-12,23H,2,13H2,1H3,(H,24,25)/b17-12-. The summed E-state index contributed by atoms with van der Waals surface area (Å²) in [7, 11) is 0. The second kappa shape index (κ2) is 9.42. The molecule has 0 radical (unpaired) electrons. The summed E-state index contributed by atoms with van der Waals surface area (Å²) >= 11 is 0. The first kappa shape index (κ1) is 20.7. The van der Waals surface area contributed by atoms with Crippen molar-refractivity contribution in [1.29, 1.82) is 0 Å². The normalized spacial score (nSPS) is 14.4. The molecule has 0 saturated heterocycles. The largest absolute Gasteiger partial charge is 0.482 e. The van der Waals surface area contributed by atoms with Crippen molar-refractivity contribution in [2.75, 3.05) is 18.5 Å². The van der Waals surface area contributed by atoms with Gasteiger partial charge in [0.1, 0.15) is 5.75 Å². The van der Waals surface area contributed by atoms with Gasteiger partial charge in [-0.25, -0.2) is 9.59 Å². The van der Waals surface area contributed by atoms with Crippen LogP contribution in [0.5, 0.6) is 5.75 Å². The highest BCUT2D eigenvalue weighted by atomic mass is 16.5. The molecule has 0 aromatic heterocycles. The number of allylic oxidation sites excluding steroid dienone is 1. The summed E-state index contributed by atoms with van der Waals surface area (Å²) in [6.45, 7) is 1.31. The second-order valence-corrected chi connectivity index (χ2v) is 6.11. The van der Waals surface area contributed by atoms with Gasteiger partial charge < -0.3 is 24.6 Å². The highest BCUT2D eigenvalue weighted by Gasteiger charge is 2.36. The first-order chi connectivity index (χ1) is 14.5. The first-order valence-corrected chi connectivity index (χ1v) is 9.10. The number of aliphatic carboxylic acids is 1. The van der Waals surface area contributed by atoms with Gasteiger partial charge in [0.25, 0.3) is 0 Å². The third kappa shape index (κ3) is 5.05. The Morgan fingerprint density at radius 2 is 1.80 bits per heavy atom. The predicted molar refractivity (Wildman–Crippen MR) is 107 cm³/mol. The van der Waals surface area contributed by atoms with Gasteiger partial charge in [0, 0.05) is 5.69 Å². The number of nitrogens with one attached hydrogen (secondary N) is 1. The van der Waals surface area contributed by atoms with E-state index in [1.165, 1.54) is 6.08 Å². The number of carbonyl (C=O) groups excluding carboxylic acids is 2. The van der Waals surface area contributed by atoms with Gasteiger partial charge >= 0.3 is 11.9 Å². The molecule has 154 valence electrons. The molecule has 1 aliphatic heterocycles. The minimum absolute atomic E-state index is 0.00249. The molecular formula is C22H19NO7. The topological polar surface area (TPSA) is 111 Å². The maximum Gasteiger partial charge on any atom is 0.347 e. The molecule has 8 heteroatoms. The van der Waals surface area contributed by atoms with Crippen LogP contribution in [0.4, 0.5) is 5.69 Å². The van der Waals surface area contributed by atoms with E-state index in [4.69, 9.17) is 19.3 Å². The van der Waals surface area contributed by atoms with E-state index in [9.17, 15) is 14.4 Å². The molecule has 1 heterocycles. The van der Waals surface area contributed by atoms with Gasteiger partial charge in [-0.1, -0.05) is 30.3 Å². The van der Waals surface area contributed by atoms with Gasteiger partial charge in [0.2, 0.25) is 11.7 Å². The molecule has 0 bridgehead atoms. The zero-order chi connectivity index (χ0) is 21.5. The van der Waals surface area contributed by atoms with E-state index in [0.29, 0.717) is 17.0 Å². The van der Waals surface area contributed by atoms with Crippen LogP contribution < -0.4 is 10.1 Å². The molecule has 8 nitrogen and oxygen atoms in total. The molecule has 0 fully saturated rings. The van der Waals surface area contributed by atoms with E-state index in [2.05, 4.69) is 5.32 Å². The number of anilines is 1. The van der Waals surface area contributed by atoms with Crippen LogP contribution in [0.3, 0.4) is 0 Å². The smallest absolute Gasteiger partial charge is 0.347 e. The van der Waals surface area contributed by atoms with Crippen molar-refractivity contribution in [1.82, 2.24) is 0 Å². The van der Waals surface area contributed by atoms with Gasteiger partial charge in [-0.3, -0.25) is 4.79 Å². The Bertz CT molecular complexity index is 1010. The molecule has 0 spiro atoms. The maximum absolute atomic E-state index is 12.8. The summed E-state index contributed by atoms with van der Waals surface area (Å²) in [5.74, 6) is -2.13. The summed E-state index contributed by atoms with van der Waals surface area (Å²) in [6, 6.07) is 15.4. The van der Waals surface area contributed by atoms with Crippen molar-refractivity contribution < 1.29 is 33.7 Å². The maximum atomic E-state index is 12.8. The summed E-state index contributed by atoms with van der Waals surface area (Å²) in [6.07, 6.45) is 1.47. The lowest BCUT2D eigenvalue weighted by Gasteiger charge is -2.08. The molecule has 30 heavy (non-hydrogen) atoms. The number of rotatable bonds is 8. The number of Topliss-reactive ketones (excluding diaryl/α,β-unsaturated/α-hetero) is 1. The number of carboxylic acids is 1. The lowest BCUT2D eigenvalue weighted by Crippen LogP contribution is -2.16.